The average Bonchev–Trinajstić information content (AvgIpc) is 2.57. The van der Waals surface area contributed by atoms with Crippen LogP contribution in [0.3, 0.4) is 0 Å². The van der Waals surface area contributed by atoms with Gasteiger partial charge in [0.25, 0.3) is 0 Å². The maximum absolute atomic E-state index is 10.9. The summed E-state index contributed by atoms with van der Waals surface area (Å²) in [6.45, 7) is 6.74. The Morgan fingerprint density at radius 2 is 2.00 bits per heavy atom. The van der Waals surface area contributed by atoms with Gasteiger partial charge in [0.1, 0.15) is 0 Å². The lowest BCUT2D eigenvalue weighted by Gasteiger charge is -2.30. The molecule has 100 valence electrons. The predicted molar refractivity (Wildman–Crippen MR) is 68.3 cm³/mol. The molecule has 5 heteroatoms. The molecule has 2 rings (SSSR count). The summed E-state index contributed by atoms with van der Waals surface area (Å²) in [6.07, 6.45) is 1.52. The van der Waals surface area contributed by atoms with Gasteiger partial charge in [-0.25, -0.2) is 0 Å². The van der Waals surface area contributed by atoms with Crippen molar-refractivity contribution in [3.63, 3.8) is 0 Å². The molecule has 1 aliphatic rings. The van der Waals surface area contributed by atoms with Crippen molar-refractivity contribution in [3.05, 3.63) is 17.0 Å². The molecule has 0 aliphatic carbocycles. The van der Waals surface area contributed by atoms with E-state index < -0.39 is 5.97 Å². The standard InChI is InChI=1S/C13H21N3O2/c1-9-12(10(2)15(3)14-9)8-16-6-4-11(5-7-16)13(17)18/h11H,4-8H2,1-3H3,(H,17,18). The van der Waals surface area contributed by atoms with Crippen molar-refractivity contribution in [1.29, 1.82) is 0 Å². The highest BCUT2D eigenvalue weighted by Crippen LogP contribution is 2.21. The molecule has 0 aromatic carbocycles. The third-order valence-corrected chi connectivity index (χ3v) is 3.98. The van der Waals surface area contributed by atoms with Crippen molar-refractivity contribution in [2.75, 3.05) is 13.1 Å². The lowest BCUT2D eigenvalue weighted by molar-refractivity contribution is -0.143. The molecule has 0 spiro atoms. The Hall–Kier alpha value is -1.36. The first-order valence-electron chi connectivity index (χ1n) is 6.43. The summed E-state index contributed by atoms with van der Waals surface area (Å²) in [5.41, 5.74) is 3.56. The first-order valence-corrected chi connectivity index (χ1v) is 6.43. The third-order valence-electron chi connectivity index (χ3n) is 3.98. The van der Waals surface area contributed by atoms with Crippen molar-refractivity contribution in [2.45, 2.75) is 33.2 Å². The number of aryl methyl sites for hydroxylation is 2. The van der Waals surface area contributed by atoms with Crippen molar-refractivity contribution in [2.24, 2.45) is 13.0 Å². The van der Waals surface area contributed by atoms with E-state index in [1.165, 1.54) is 11.3 Å². The Balaban J connectivity index is 1.97. The number of nitrogens with zero attached hydrogens (tertiary/aromatic N) is 3. The normalized spacial score (nSPS) is 18.2. The summed E-state index contributed by atoms with van der Waals surface area (Å²) in [6, 6.07) is 0. The fraction of sp³-hybridized carbons (Fsp3) is 0.692. The fourth-order valence-corrected chi connectivity index (χ4v) is 2.61. The van der Waals surface area contributed by atoms with Crippen molar-refractivity contribution < 1.29 is 9.90 Å². The lowest BCUT2D eigenvalue weighted by atomic mass is 9.96. The molecular formula is C13H21N3O2. The predicted octanol–water partition coefficient (Wildman–Crippen LogP) is 1.33. The Morgan fingerprint density at radius 3 is 2.44 bits per heavy atom. The van der Waals surface area contributed by atoms with Gasteiger partial charge in [-0.2, -0.15) is 5.10 Å². The number of carboxylic acid groups (broad SMARTS) is 1. The average molecular weight is 251 g/mol. The zero-order valence-corrected chi connectivity index (χ0v) is 11.3. The minimum atomic E-state index is -0.650. The third kappa shape index (κ3) is 2.56. The van der Waals surface area contributed by atoms with Crippen LogP contribution in [0.2, 0.25) is 0 Å². The minimum absolute atomic E-state index is 0.155. The van der Waals surface area contributed by atoms with Gasteiger partial charge in [0, 0.05) is 24.8 Å². The molecule has 0 radical (unpaired) electrons. The number of aromatic nitrogens is 2. The zero-order chi connectivity index (χ0) is 13.3. The molecule has 5 nitrogen and oxygen atoms in total. The van der Waals surface area contributed by atoms with Crippen LogP contribution in [0, 0.1) is 19.8 Å². The first kappa shape index (κ1) is 13.1. The quantitative estimate of drug-likeness (QED) is 0.880. The molecule has 1 N–H and O–H groups in total. The van der Waals surface area contributed by atoms with E-state index in [0.29, 0.717) is 0 Å². The molecule has 2 heterocycles. The number of carboxylic acids is 1. The van der Waals surface area contributed by atoms with E-state index in [-0.39, 0.29) is 5.92 Å². The fourth-order valence-electron chi connectivity index (χ4n) is 2.61. The van der Waals surface area contributed by atoms with E-state index >= 15 is 0 Å². The number of aliphatic carboxylic acids is 1. The number of carbonyl (C=O) groups is 1. The summed E-state index contributed by atoms with van der Waals surface area (Å²) in [4.78, 5) is 13.2. The molecular weight excluding hydrogens is 230 g/mol. The van der Waals surface area contributed by atoms with Crippen LogP contribution >= 0.6 is 0 Å². The van der Waals surface area contributed by atoms with Crippen molar-refractivity contribution in [3.8, 4) is 0 Å². The van der Waals surface area contributed by atoms with Gasteiger partial charge in [-0.05, 0) is 39.8 Å². The van der Waals surface area contributed by atoms with E-state index in [9.17, 15) is 4.79 Å². The molecule has 0 atom stereocenters. The van der Waals surface area contributed by atoms with Gasteiger partial charge < -0.3 is 5.11 Å². The highest BCUT2D eigenvalue weighted by Gasteiger charge is 2.25. The van der Waals surface area contributed by atoms with E-state index in [1.54, 1.807) is 0 Å². The number of likely N-dealkylation sites (tertiary alicyclic amines) is 1. The monoisotopic (exact) mass is 251 g/mol. The van der Waals surface area contributed by atoms with Crippen LogP contribution < -0.4 is 0 Å². The number of hydrogen-bond donors (Lipinski definition) is 1. The Labute approximate surface area is 107 Å². The van der Waals surface area contributed by atoms with Crippen molar-refractivity contribution in [1.82, 2.24) is 14.7 Å². The topological polar surface area (TPSA) is 58.4 Å². The Morgan fingerprint density at radius 1 is 1.39 bits per heavy atom. The number of hydrogen-bond acceptors (Lipinski definition) is 3. The highest BCUT2D eigenvalue weighted by molar-refractivity contribution is 5.70. The summed E-state index contributed by atoms with van der Waals surface area (Å²) >= 11 is 0. The van der Waals surface area contributed by atoms with Crippen LogP contribution in [0.15, 0.2) is 0 Å². The van der Waals surface area contributed by atoms with Crippen LogP contribution in [-0.2, 0) is 18.4 Å². The molecule has 1 aromatic heterocycles. The first-order chi connectivity index (χ1) is 8.49. The van der Waals surface area contributed by atoms with Gasteiger partial charge in [-0.1, -0.05) is 0 Å². The second-order valence-corrected chi connectivity index (χ2v) is 5.16. The number of rotatable bonds is 3. The van der Waals surface area contributed by atoms with Gasteiger partial charge in [0.2, 0.25) is 0 Å². The molecule has 0 unspecified atom stereocenters. The smallest absolute Gasteiger partial charge is 0.306 e. The van der Waals surface area contributed by atoms with Gasteiger partial charge in [-0.3, -0.25) is 14.4 Å². The van der Waals surface area contributed by atoms with Gasteiger partial charge >= 0.3 is 5.97 Å². The van der Waals surface area contributed by atoms with Gasteiger partial charge in [-0.15, -0.1) is 0 Å². The molecule has 0 bridgehead atoms. The second kappa shape index (κ2) is 5.10. The SMILES string of the molecule is Cc1nn(C)c(C)c1CN1CCC(C(=O)O)CC1. The lowest BCUT2D eigenvalue weighted by Crippen LogP contribution is -2.36. The van der Waals surface area contributed by atoms with Crippen LogP contribution in [-0.4, -0.2) is 38.8 Å². The number of piperidine rings is 1. The molecule has 1 fully saturated rings. The zero-order valence-electron chi connectivity index (χ0n) is 11.3. The maximum Gasteiger partial charge on any atom is 0.306 e. The Bertz CT molecular complexity index is 445. The highest BCUT2D eigenvalue weighted by atomic mass is 16.4. The molecule has 0 saturated carbocycles. The van der Waals surface area contributed by atoms with Crippen LogP contribution in [0.4, 0.5) is 0 Å². The van der Waals surface area contributed by atoms with E-state index in [1.807, 2.05) is 18.7 Å². The molecule has 1 aromatic rings. The molecule has 1 aliphatic heterocycles. The van der Waals surface area contributed by atoms with Crippen LogP contribution in [0.1, 0.15) is 29.8 Å². The van der Waals surface area contributed by atoms with E-state index in [0.717, 1.165) is 38.2 Å². The van der Waals surface area contributed by atoms with Crippen LogP contribution in [0.5, 0.6) is 0 Å². The van der Waals surface area contributed by atoms with Crippen molar-refractivity contribution >= 4 is 5.97 Å². The maximum atomic E-state index is 10.9. The summed E-state index contributed by atoms with van der Waals surface area (Å²) in [7, 11) is 1.96. The van der Waals surface area contributed by atoms with E-state index in [2.05, 4.69) is 16.9 Å². The molecule has 18 heavy (non-hydrogen) atoms. The molecule has 0 amide bonds. The Kier molecular flexibility index (Phi) is 3.71. The largest absolute Gasteiger partial charge is 0.481 e. The summed E-state index contributed by atoms with van der Waals surface area (Å²) in [5, 5.41) is 13.4. The van der Waals surface area contributed by atoms with Crippen LogP contribution in [0.25, 0.3) is 0 Å². The van der Waals surface area contributed by atoms with Gasteiger partial charge in [0.15, 0.2) is 0 Å². The molecule has 1 saturated heterocycles. The summed E-state index contributed by atoms with van der Waals surface area (Å²) < 4.78 is 1.91. The van der Waals surface area contributed by atoms with Gasteiger partial charge in [0.05, 0.1) is 11.6 Å². The minimum Gasteiger partial charge on any atom is -0.481 e. The summed E-state index contributed by atoms with van der Waals surface area (Å²) in [5.74, 6) is -0.805. The van der Waals surface area contributed by atoms with E-state index in [4.69, 9.17) is 5.11 Å². The second-order valence-electron chi connectivity index (χ2n) is 5.16.